The van der Waals surface area contributed by atoms with Gasteiger partial charge in [-0.05, 0) is 18.4 Å². The summed E-state index contributed by atoms with van der Waals surface area (Å²) in [5.74, 6) is 0. The Hall–Kier alpha value is -0.380. The minimum atomic E-state index is 0.414. The second kappa shape index (κ2) is 4.49. The van der Waals surface area contributed by atoms with Gasteiger partial charge in [0.1, 0.15) is 0 Å². The fourth-order valence-corrected chi connectivity index (χ4v) is 1.43. The highest BCUT2D eigenvalue weighted by atomic mass is 32.1. The van der Waals surface area contributed by atoms with E-state index in [1.54, 1.807) is 11.3 Å². The zero-order valence-corrected chi connectivity index (χ0v) is 7.53. The van der Waals surface area contributed by atoms with Crippen LogP contribution in [0.5, 0.6) is 0 Å². The van der Waals surface area contributed by atoms with Crippen LogP contribution in [-0.2, 0) is 6.54 Å². The number of nitrogens with two attached hydrogens (primary N) is 1. The third-order valence-corrected chi connectivity index (χ3v) is 2.43. The summed E-state index contributed by atoms with van der Waals surface area (Å²) in [6.07, 6.45) is 0. The van der Waals surface area contributed by atoms with Crippen molar-refractivity contribution in [2.24, 2.45) is 5.73 Å². The minimum absolute atomic E-state index is 0.414. The Kier molecular flexibility index (Phi) is 3.56. The fraction of sp³-hybridized carbons (Fsp3) is 0.500. The normalized spacial score (nSPS) is 13.3. The third kappa shape index (κ3) is 3.01. The maximum Gasteiger partial charge on any atom is 0.0302 e. The molecule has 0 aliphatic carbocycles. The van der Waals surface area contributed by atoms with E-state index in [1.807, 2.05) is 0 Å². The summed E-state index contributed by atoms with van der Waals surface area (Å²) < 4.78 is 0. The van der Waals surface area contributed by atoms with Crippen LogP contribution in [0.3, 0.4) is 0 Å². The van der Waals surface area contributed by atoms with Crippen molar-refractivity contribution < 1.29 is 0 Å². The summed E-state index contributed by atoms with van der Waals surface area (Å²) in [4.78, 5) is 1.37. The molecular formula is C8H14N2S. The van der Waals surface area contributed by atoms with Gasteiger partial charge in [-0.1, -0.05) is 6.07 Å². The highest BCUT2D eigenvalue weighted by Crippen LogP contribution is 2.07. The Bertz CT molecular complexity index is 184. The SMILES string of the molecule is C[C@H](CN)NCc1cccs1. The minimum Gasteiger partial charge on any atom is -0.329 e. The highest BCUT2D eigenvalue weighted by molar-refractivity contribution is 7.09. The molecule has 0 aliphatic rings. The first-order valence-corrected chi connectivity index (χ1v) is 4.66. The van der Waals surface area contributed by atoms with Gasteiger partial charge < -0.3 is 11.1 Å². The van der Waals surface area contributed by atoms with Crippen LogP contribution in [0.25, 0.3) is 0 Å². The zero-order chi connectivity index (χ0) is 8.10. The summed E-state index contributed by atoms with van der Waals surface area (Å²) in [5.41, 5.74) is 5.45. The third-order valence-electron chi connectivity index (χ3n) is 1.56. The van der Waals surface area contributed by atoms with E-state index in [1.165, 1.54) is 4.88 Å². The van der Waals surface area contributed by atoms with Crippen LogP contribution in [0, 0.1) is 0 Å². The van der Waals surface area contributed by atoms with Crippen LogP contribution in [0.15, 0.2) is 17.5 Å². The van der Waals surface area contributed by atoms with Crippen LogP contribution in [-0.4, -0.2) is 12.6 Å². The number of hydrogen-bond acceptors (Lipinski definition) is 3. The molecule has 0 bridgehead atoms. The maximum atomic E-state index is 5.45. The number of thiophene rings is 1. The summed E-state index contributed by atoms with van der Waals surface area (Å²) in [6.45, 7) is 3.73. The van der Waals surface area contributed by atoms with Gasteiger partial charge in [0.15, 0.2) is 0 Å². The predicted octanol–water partition coefficient (Wildman–Crippen LogP) is 1.18. The van der Waals surface area contributed by atoms with Crippen molar-refractivity contribution in [3.63, 3.8) is 0 Å². The number of rotatable bonds is 4. The monoisotopic (exact) mass is 170 g/mol. The lowest BCUT2D eigenvalue weighted by molar-refractivity contribution is 0.560. The molecule has 1 aromatic heterocycles. The van der Waals surface area contributed by atoms with E-state index in [2.05, 4.69) is 29.8 Å². The molecule has 0 saturated heterocycles. The number of nitrogens with one attached hydrogen (secondary N) is 1. The molecule has 0 radical (unpaired) electrons. The smallest absolute Gasteiger partial charge is 0.0302 e. The van der Waals surface area contributed by atoms with Gasteiger partial charge in [-0.3, -0.25) is 0 Å². The molecule has 11 heavy (non-hydrogen) atoms. The Morgan fingerprint density at radius 1 is 1.73 bits per heavy atom. The first kappa shape index (κ1) is 8.71. The van der Waals surface area contributed by atoms with Crippen molar-refractivity contribution in [1.82, 2.24) is 5.32 Å². The van der Waals surface area contributed by atoms with Crippen LogP contribution in [0.1, 0.15) is 11.8 Å². The molecule has 62 valence electrons. The van der Waals surface area contributed by atoms with E-state index >= 15 is 0 Å². The molecule has 0 unspecified atom stereocenters. The quantitative estimate of drug-likeness (QED) is 0.712. The van der Waals surface area contributed by atoms with Crippen molar-refractivity contribution >= 4 is 11.3 Å². The van der Waals surface area contributed by atoms with Crippen LogP contribution in [0.4, 0.5) is 0 Å². The lowest BCUT2D eigenvalue weighted by atomic mass is 10.3. The molecule has 0 aliphatic heterocycles. The van der Waals surface area contributed by atoms with E-state index < -0.39 is 0 Å². The van der Waals surface area contributed by atoms with E-state index in [0.717, 1.165) is 6.54 Å². The van der Waals surface area contributed by atoms with Gasteiger partial charge >= 0.3 is 0 Å². The van der Waals surface area contributed by atoms with Crippen molar-refractivity contribution in [1.29, 1.82) is 0 Å². The van der Waals surface area contributed by atoms with Gasteiger partial charge in [0.25, 0.3) is 0 Å². The Labute approximate surface area is 71.4 Å². The maximum absolute atomic E-state index is 5.45. The van der Waals surface area contributed by atoms with Crippen LogP contribution < -0.4 is 11.1 Å². The standard InChI is InChI=1S/C8H14N2S/c1-7(5-9)10-6-8-3-2-4-11-8/h2-4,7,10H,5-6,9H2,1H3/t7-/m1/s1. The Morgan fingerprint density at radius 2 is 2.55 bits per heavy atom. The van der Waals surface area contributed by atoms with E-state index in [9.17, 15) is 0 Å². The highest BCUT2D eigenvalue weighted by Gasteiger charge is 1.97. The fourth-order valence-electron chi connectivity index (χ4n) is 0.771. The van der Waals surface area contributed by atoms with Crippen LogP contribution >= 0.6 is 11.3 Å². The molecule has 1 rings (SSSR count). The van der Waals surface area contributed by atoms with E-state index in [4.69, 9.17) is 5.73 Å². The van der Waals surface area contributed by atoms with Crippen molar-refractivity contribution in [2.45, 2.75) is 19.5 Å². The second-order valence-electron chi connectivity index (χ2n) is 2.60. The molecule has 1 heterocycles. The van der Waals surface area contributed by atoms with Crippen molar-refractivity contribution in [2.75, 3.05) is 6.54 Å². The first-order chi connectivity index (χ1) is 5.33. The lowest BCUT2D eigenvalue weighted by Crippen LogP contribution is -2.32. The molecular weight excluding hydrogens is 156 g/mol. The summed E-state index contributed by atoms with van der Waals surface area (Å²) in [5, 5.41) is 5.41. The number of hydrogen-bond donors (Lipinski definition) is 2. The molecule has 0 spiro atoms. The van der Waals surface area contributed by atoms with Gasteiger partial charge in [0.05, 0.1) is 0 Å². The van der Waals surface area contributed by atoms with Gasteiger partial charge in [-0.2, -0.15) is 0 Å². The molecule has 0 aromatic carbocycles. The molecule has 1 aromatic rings. The molecule has 3 N–H and O–H groups in total. The molecule has 0 fully saturated rings. The van der Waals surface area contributed by atoms with E-state index in [-0.39, 0.29) is 0 Å². The van der Waals surface area contributed by atoms with Crippen molar-refractivity contribution in [3.8, 4) is 0 Å². The first-order valence-electron chi connectivity index (χ1n) is 3.78. The Morgan fingerprint density at radius 3 is 3.09 bits per heavy atom. The van der Waals surface area contributed by atoms with Crippen molar-refractivity contribution in [3.05, 3.63) is 22.4 Å². The molecule has 3 heteroatoms. The Balaban J connectivity index is 2.23. The molecule has 0 amide bonds. The lowest BCUT2D eigenvalue weighted by Gasteiger charge is -2.08. The molecule has 2 nitrogen and oxygen atoms in total. The summed E-state index contributed by atoms with van der Waals surface area (Å²) in [7, 11) is 0. The zero-order valence-electron chi connectivity index (χ0n) is 6.71. The topological polar surface area (TPSA) is 38.0 Å². The predicted molar refractivity (Wildman–Crippen MR) is 49.7 cm³/mol. The van der Waals surface area contributed by atoms with Gasteiger partial charge in [0, 0.05) is 24.0 Å². The molecule has 1 atom stereocenters. The molecule has 0 saturated carbocycles. The average Bonchev–Trinajstić information content (AvgIpc) is 2.52. The van der Waals surface area contributed by atoms with Gasteiger partial charge in [-0.25, -0.2) is 0 Å². The van der Waals surface area contributed by atoms with Crippen LogP contribution in [0.2, 0.25) is 0 Å². The average molecular weight is 170 g/mol. The largest absolute Gasteiger partial charge is 0.329 e. The van der Waals surface area contributed by atoms with Gasteiger partial charge in [-0.15, -0.1) is 11.3 Å². The van der Waals surface area contributed by atoms with Gasteiger partial charge in [0.2, 0.25) is 0 Å². The van der Waals surface area contributed by atoms with E-state index in [0.29, 0.717) is 12.6 Å². The second-order valence-corrected chi connectivity index (χ2v) is 3.63. The summed E-state index contributed by atoms with van der Waals surface area (Å²) >= 11 is 1.77. The summed E-state index contributed by atoms with van der Waals surface area (Å²) in [6, 6.07) is 4.60.